The van der Waals surface area contributed by atoms with E-state index in [4.69, 9.17) is 0 Å². The van der Waals surface area contributed by atoms with Crippen molar-refractivity contribution in [3.8, 4) is 0 Å². The molecule has 0 radical (unpaired) electrons. The fourth-order valence-electron chi connectivity index (χ4n) is 3.94. The molecule has 0 bridgehead atoms. The molecule has 7 heteroatoms. The van der Waals surface area contributed by atoms with Crippen LogP contribution in [0.2, 0.25) is 0 Å². The zero-order chi connectivity index (χ0) is 20.1. The molecule has 6 nitrogen and oxygen atoms in total. The average molecular weight is 408 g/mol. The summed E-state index contributed by atoms with van der Waals surface area (Å²) in [5, 5.41) is 0. The van der Waals surface area contributed by atoms with Gasteiger partial charge in [-0.1, -0.05) is 25.3 Å². The van der Waals surface area contributed by atoms with Crippen LogP contribution in [-0.4, -0.2) is 74.2 Å². The molecule has 1 amide bonds. The fraction of sp³-hybridized carbons (Fsp3) is 0.667. The average Bonchev–Trinajstić information content (AvgIpc) is 2.64. The van der Waals surface area contributed by atoms with Crippen LogP contribution in [0.15, 0.2) is 23.1 Å². The Bertz CT molecular complexity index is 778. The first-order chi connectivity index (χ1) is 13.4. The van der Waals surface area contributed by atoms with Gasteiger partial charge in [0.05, 0.1) is 11.4 Å². The molecule has 2 heterocycles. The van der Waals surface area contributed by atoms with Gasteiger partial charge in [0.25, 0.3) is 0 Å². The Morgan fingerprint density at radius 1 is 0.857 bits per heavy atom. The van der Waals surface area contributed by atoms with Crippen molar-refractivity contribution in [1.29, 1.82) is 0 Å². The van der Waals surface area contributed by atoms with E-state index in [9.17, 15) is 13.2 Å². The number of nitrogens with zero attached hydrogens (tertiary/aromatic N) is 3. The Morgan fingerprint density at radius 3 is 2.07 bits per heavy atom. The van der Waals surface area contributed by atoms with Crippen LogP contribution < -0.4 is 0 Å². The number of benzene rings is 1. The topological polar surface area (TPSA) is 60.9 Å². The Morgan fingerprint density at radius 2 is 1.46 bits per heavy atom. The summed E-state index contributed by atoms with van der Waals surface area (Å²) in [6.45, 7) is 8.10. The summed E-state index contributed by atoms with van der Waals surface area (Å²) < 4.78 is 27.4. The third kappa shape index (κ3) is 5.13. The minimum absolute atomic E-state index is 0.187. The van der Waals surface area contributed by atoms with Crippen LogP contribution in [0.1, 0.15) is 43.2 Å². The highest BCUT2D eigenvalue weighted by Crippen LogP contribution is 2.20. The summed E-state index contributed by atoms with van der Waals surface area (Å²) in [5.41, 5.74) is 2.07. The van der Waals surface area contributed by atoms with Crippen molar-refractivity contribution < 1.29 is 13.2 Å². The van der Waals surface area contributed by atoms with Crippen molar-refractivity contribution in [1.82, 2.24) is 14.1 Å². The molecular formula is C21H33N3O3S. The molecule has 0 saturated carbocycles. The molecule has 0 unspecified atom stereocenters. The van der Waals surface area contributed by atoms with E-state index in [2.05, 4.69) is 4.90 Å². The molecule has 3 rings (SSSR count). The van der Waals surface area contributed by atoms with Gasteiger partial charge in [-0.2, -0.15) is 4.31 Å². The lowest BCUT2D eigenvalue weighted by atomic mass is 10.1. The molecule has 0 aromatic heterocycles. The Hall–Kier alpha value is -1.44. The van der Waals surface area contributed by atoms with Crippen LogP contribution in [0, 0.1) is 13.8 Å². The number of likely N-dealkylation sites (tertiary alicyclic amines) is 1. The number of aryl methyl sites for hydroxylation is 2. The zero-order valence-electron chi connectivity index (χ0n) is 17.2. The molecule has 28 heavy (non-hydrogen) atoms. The van der Waals surface area contributed by atoms with E-state index in [-0.39, 0.29) is 5.91 Å². The van der Waals surface area contributed by atoms with Crippen molar-refractivity contribution in [2.24, 2.45) is 0 Å². The second-order valence-corrected chi connectivity index (χ2v) is 10.0. The van der Waals surface area contributed by atoms with E-state index in [0.717, 1.165) is 37.1 Å². The lowest BCUT2D eigenvalue weighted by molar-refractivity contribution is -0.133. The predicted octanol–water partition coefficient (Wildman–Crippen LogP) is 2.40. The van der Waals surface area contributed by atoms with Crippen molar-refractivity contribution in [3.63, 3.8) is 0 Å². The molecule has 2 fully saturated rings. The maximum atomic E-state index is 12.9. The van der Waals surface area contributed by atoms with E-state index in [1.807, 2.05) is 24.8 Å². The minimum atomic E-state index is -3.47. The van der Waals surface area contributed by atoms with Crippen molar-refractivity contribution >= 4 is 15.9 Å². The van der Waals surface area contributed by atoms with Crippen molar-refractivity contribution in [2.75, 3.05) is 45.8 Å². The highest BCUT2D eigenvalue weighted by molar-refractivity contribution is 7.89. The number of hydrogen-bond donors (Lipinski definition) is 0. The SMILES string of the molecule is Cc1ccc(S(=O)(=O)N2CCN(CC(=O)N3CCCCCCC3)CC2)cc1C. The summed E-state index contributed by atoms with van der Waals surface area (Å²) >= 11 is 0. The van der Waals surface area contributed by atoms with Gasteiger partial charge >= 0.3 is 0 Å². The van der Waals surface area contributed by atoms with E-state index >= 15 is 0 Å². The second kappa shape index (κ2) is 9.37. The fourth-order valence-corrected chi connectivity index (χ4v) is 5.45. The summed E-state index contributed by atoms with van der Waals surface area (Å²) in [6.07, 6.45) is 5.87. The first kappa shape index (κ1) is 21.3. The van der Waals surface area contributed by atoms with Crippen LogP contribution in [-0.2, 0) is 14.8 Å². The van der Waals surface area contributed by atoms with Gasteiger partial charge < -0.3 is 4.90 Å². The number of amides is 1. The number of hydrogen-bond acceptors (Lipinski definition) is 4. The molecule has 1 aromatic carbocycles. The van der Waals surface area contributed by atoms with E-state index in [0.29, 0.717) is 37.6 Å². The van der Waals surface area contributed by atoms with Crippen LogP contribution in [0.3, 0.4) is 0 Å². The van der Waals surface area contributed by atoms with Gasteiger partial charge in [0, 0.05) is 39.3 Å². The molecule has 0 spiro atoms. The summed E-state index contributed by atoms with van der Waals surface area (Å²) in [4.78, 5) is 17.1. The number of sulfonamides is 1. The molecule has 2 saturated heterocycles. The largest absolute Gasteiger partial charge is 0.342 e. The molecular weight excluding hydrogens is 374 g/mol. The molecule has 0 N–H and O–H groups in total. The molecule has 0 atom stereocenters. The number of carbonyl (C=O) groups excluding carboxylic acids is 1. The Labute approximate surface area is 169 Å². The van der Waals surface area contributed by atoms with Crippen LogP contribution in [0.25, 0.3) is 0 Å². The van der Waals surface area contributed by atoms with E-state index < -0.39 is 10.0 Å². The number of rotatable bonds is 4. The molecule has 2 aliphatic rings. The zero-order valence-corrected chi connectivity index (χ0v) is 18.0. The molecule has 2 aliphatic heterocycles. The normalized spacial score (nSPS) is 20.6. The monoisotopic (exact) mass is 407 g/mol. The number of piperazine rings is 1. The van der Waals surface area contributed by atoms with Crippen molar-refractivity contribution in [2.45, 2.75) is 50.8 Å². The van der Waals surface area contributed by atoms with E-state index in [1.54, 1.807) is 16.4 Å². The lowest BCUT2D eigenvalue weighted by Crippen LogP contribution is -2.51. The van der Waals surface area contributed by atoms with Gasteiger partial charge in [0.15, 0.2) is 0 Å². The minimum Gasteiger partial charge on any atom is -0.342 e. The first-order valence-corrected chi connectivity index (χ1v) is 11.9. The van der Waals surface area contributed by atoms with Gasteiger partial charge in [-0.25, -0.2) is 8.42 Å². The molecule has 1 aromatic rings. The van der Waals surface area contributed by atoms with Crippen LogP contribution >= 0.6 is 0 Å². The standard InChI is InChI=1S/C21H33N3O3S/c1-18-8-9-20(16-19(18)2)28(26,27)24-14-12-22(13-15-24)17-21(25)23-10-6-4-3-5-7-11-23/h8-9,16H,3-7,10-15,17H2,1-2H3. The summed E-state index contributed by atoms with van der Waals surface area (Å²) in [6, 6.07) is 5.30. The summed E-state index contributed by atoms with van der Waals surface area (Å²) in [7, 11) is -3.47. The third-order valence-electron chi connectivity index (χ3n) is 6.02. The van der Waals surface area contributed by atoms with Gasteiger partial charge in [-0.05, 0) is 49.9 Å². The third-order valence-corrected chi connectivity index (χ3v) is 7.91. The lowest BCUT2D eigenvalue weighted by Gasteiger charge is -2.35. The summed E-state index contributed by atoms with van der Waals surface area (Å²) in [5.74, 6) is 0.187. The van der Waals surface area contributed by atoms with Crippen molar-refractivity contribution in [3.05, 3.63) is 29.3 Å². The van der Waals surface area contributed by atoms with Gasteiger partial charge in [-0.15, -0.1) is 0 Å². The van der Waals surface area contributed by atoms with Gasteiger partial charge in [-0.3, -0.25) is 9.69 Å². The quantitative estimate of drug-likeness (QED) is 0.769. The predicted molar refractivity (Wildman–Crippen MR) is 111 cm³/mol. The van der Waals surface area contributed by atoms with Gasteiger partial charge in [0.1, 0.15) is 0 Å². The van der Waals surface area contributed by atoms with Crippen LogP contribution in [0.4, 0.5) is 0 Å². The Balaban J connectivity index is 1.54. The maximum Gasteiger partial charge on any atom is 0.243 e. The van der Waals surface area contributed by atoms with Gasteiger partial charge in [0.2, 0.25) is 15.9 Å². The maximum absolute atomic E-state index is 12.9. The highest BCUT2D eigenvalue weighted by Gasteiger charge is 2.30. The molecule has 156 valence electrons. The van der Waals surface area contributed by atoms with Crippen LogP contribution in [0.5, 0.6) is 0 Å². The Kier molecular flexibility index (Phi) is 7.12. The first-order valence-electron chi connectivity index (χ1n) is 10.5. The number of carbonyl (C=O) groups is 1. The van der Waals surface area contributed by atoms with E-state index in [1.165, 1.54) is 19.3 Å². The second-order valence-electron chi connectivity index (χ2n) is 8.07. The highest BCUT2D eigenvalue weighted by atomic mass is 32.2. The smallest absolute Gasteiger partial charge is 0.243 e. The molecule has 0 aliphatic carbocycles.